The van der Waals surface area contributed by atoms with Gasteiger partial charge in [0.1, 0.15) is 0 Å². The third kappa shape index (κ3) is 3.53. The van der Waals surface area contributed by atoms with E-state index in [1.165, 1.54) is 0 Å². The van der Waals surface area contributed by atoms with Gasteiger partial charge in [0.2, 0.25) is 0 Å². The van der Waals surface area contributed by atoms with E-state index in [2.05, 4.69) is 21.4 Å². The van der Waals surface area contributed by atoms with Crippen molar-refractivity contribution in [2.45, 2.75) is 10.6 Å². The molecule has 0 aliphatic heterocycles. The summed E-state index contributed by atoms with van der Waals surface area (Å²) in [6.45, 7) is 0. The molecule has 0 saturated heterocycles. The molecule has 0 unspecified atom stereocenters. The van der Waals surface area contributed by atoms with Gasteiger partial charge in [0.05, 0.1) is 0 Å². The molecule has 104 valence electrons. The second-order valence-electron chi connectivity index (χ2n) is 4.10. The van der Waals surface area contributed by atoms with Crippen LogP contribution in [0.25, 0.3) is 0 Å². The number of amides is 1. The number of hydrogen-bond donors (Lipinski definition) is 3. The molecule has 1 amide bonds. The zero-order valence-corrected chi connectivity index (χ0v) is 13.0. The van der Waals surface area contributed by atoms with Gasteiger partial charge in [0.15, 0.2) is 0 Å². The van der Waals surface area contributed by atoms with Crippen molar-refractivity contribution in [1.82, 2.24) is 5.43 Å². The first-order valence-corrected chi connectivity index (χ1v) is 7.66. The number of nitrogens with two attached hydrogens (primary N) is 2. The first kappa shape index (κ1) is 14.9. The molecule has 0 aliphatic carbocycles. The van der Waals surface area contributed by atoms with Crippen LogP contribution < -0.4 is 17.0 Å². The molecule has 0 aromatic heterocycles. The van der Waals surface area contributed by atoms with E-state index in [1.807, 2.05) is 36.4 Å². The summed E-state index contributed by atoms with van der Waals surface area (Å²) in [6, 6.07) is 13.1. The fourth-order valence-corrected chi connectivity index (χ4v) is 3.08. The van der Waals surface area contributed by atoms with Gasteiger partial charge >= 0.3 is 0 Å². The number of anilines is 1. The number of carbonyl (C=O) groups is 1. The molecule has 0 saturated carbocycles. The number of hydrogen-bond acceptors (Lipinski definition) is 4. The van der Waals surface area contributed by atoms with Crippen molar-refractivity contribution in [3.05, 3.63) is 58.1 Å². The first-order valence-electron chi connectivity index (χ1n) is 5.88. The predicted molar refractivity (Wildman–Crippen MR) is 86.2 cm³/mol. The molecule has 6 heteroatoms. The van der Waals surface area contributed by atoms with Crippen LogP contribution in [0.15, 0.2) is 51.8 Å². The lowest BCUT2D eigenvalue weighted by atomic mass is 10.1. The Morgan fingerprint density at radius 3 is 2.70 bits per heavy atom. The van der Waals surface area contributed by atoms with Crippen LogP contribution in [0.1, 0.15) is 15.9 Å². The third-order valence-electron chi connectivity index (χ3n) is 2.75. The van der Waals surface area contributed by atoms with E-state index in [9.17, 15) is 4.79 Å². The smallest absolute Gasteiger partial charge is 0.265 e. The highest BCUT2D eigenvalue weighted by atomic mass is 79.9. The van der Waals surface area contributed by atoms with Gasteiger partial charge in [-0.15, -0.1) is 11.8 Å². The number of hydrazine groups is 1. The monoisotopic (exact) mass is 351 g/mol. The van der Waals surface area contributed by atoms with E-state index in [-0.39, 0.29) is 5.91 Å². The van der Waals surface area contributed by atoms with Crippen LogP contribution in [-0.2, 0) is 5.75 Å². The molecule has 0 spiro atoms. The number of nitrogens with one attached hydrogen (secondary N) is 1. The normalized spacial score (nSPS) is 10.3. The maximum absolute atomic E-state index is 11.7. The molecular formula is C14H14BrN3OS. The van der Waals surface area contributed by atoms with E-state index in [0.29, 0.717) is 17.0 Å². The summed E-state index contributed by atoms with van der Waals surface area (Å²) in [4.78, 5) is 12.7. The van der Waals surface area contributed by atoms with E-state index >= 15 is 0 Å². The predicted octanol–water partition coefficient (Wildman–Crippen LogP) is 2.93. The maximum atomic E-state index is 11.7. The summed E-state index contributed by atoms with van der Waals surface area (Å²) < 4.78 is 0.947. The Morgan fingerprint density at radius 2 is 2.00 bits per heavy atom. The molecule has 2 aromatic rings. The van der Waals surface area contributed by atoms with Crippen LogP contribution in [0.2, 0.25) is 0 Å². The molecule has 2 rings (SSSR count). The topological polar surface area (TPSA) is 81.1 Å². The zero-order chi connectivity index (χ0) is 14.5. The number of carbonyl (C=O) groups excluding carboxylic acids is 1. The molecule has 2 aromatic carbocycles. The fraction of sp³-hybridized carbons (Fsp3) is 0.0714. The Balaban J connectivity index is 2.17. The van der Waals surface area contributed by atoms with Crippen molar-refractivity contribution in [3.63, 3.8) is 0 Å². The van der Waals surface area contributed by atoms with Crippen LogP contribution in [0, 0.1) is 0 Å². The largest absolute Gasteiger partial charge is 0.398 e. The quantitative estimate of drug-likeness (QED) is 0.260. The number of halogens is 1. The summed E-state index contributed by atoms with van der Waals surface area (Å²) in [6.07, 6.45) is 0. The lowest BCUT2D eigenvalue weighted by Crippen LogP contribution is -2.30. The minimum atomic E-state index is -0.287. The SMILES string of the molecule is NNC(=O)c1ccccc1CSc1ccc(Br)cc1N. The number of rotatable bonds is 4. The molecule has 0 atom stereocenters. The average Bonchev–Trinajstić information content (AvgIpc) is 2.46. The van der Waals surface area contributed by atoms with E-state index in [4.69, 9.17) is 11.6 Å². The molecule has 4 nitrogen and oxygen atoms in total. The summed E-state index contributed by atoms with van der Waals surface area (Å²) in [5.74, 6) is 5.55. The number of nitrogen functional groups attached to an aromatic ring is 2. The molecule has 0 fully saturated rings. The van der Waals surface area contributed by atoms with Gasteiger partial charge in [-0.25, -0.2) is 5.84 Å². The van der Waals surface area contributed by atoms with Crippen molar-refractivity contribution in [2.75, 3.05) is 5.73 Å². The maximum Gasteiger partial charge on any atom is 0.265 e. The summed E-state index contributed by atoms with van der Waals surface area (Å²) >= 11 is 4.96. The van der Waals surface area contributed by atoms with Crippen molar-refractivity contribution in [3.8, 4) is 0 Å². The minimum absolute atomic E-state index is 0.287. The number of benzene rings is 2. The van der Waals surface area contributed by atoms with Crippen molar-refractivity contribution in [2.24, 2.45) is 5.84 Å². The Hall–Kier alpha value is -1.50. The van der Waals surface area contributed by atoms with Crippen LogP contribution >= 0.6 is 27.7 Å². The highest BCUT2D eigenvalue weighted by Gasteiger charge is 2.10. The second kappa shape index (κ2) is 6.78. The van der Waals surface area contributed by atoms with Gasteiger partial charge in [0, 0.05) is 26.4 Å². The van der Waals surface area contributed by atoms with Crippen LogP contribution in [-0.4, -0.2) is 5.91 Å². The van der Waals surface area contributed by atoms with Crippen molar-refractivity contribution in [1.29, 1.82) is 0 Å². The third-order valence-corrected chi connectivity index (χ3v) is 4.38. The second-order valence-corrected chi connectivity index (χ2v) is 6.03. The molecule has 0 radical (unpaired) electrons. The molecule has 20 heavy (non-hydrogen) atoms. The van der Waals surface area contributed by atoms with Gasteiger partial charge in [-0.05, 0) is 29.8 Å². The Labute approximate surface area is 130 Å². The Kier molecular flexibility index (Phi) is 5.05. The molecule has 0 heterocycles. The number of thioether (sulfide) groups is 1. The van der Waals surface area contributed by atoms with Crippen LogP contribution in [0.3, 0.4) is 0 Å². The summed E-state index contributed by atoms with van der Waals surface area (Å²) in [5, 5.41) is 0. The highest BCUT2D eigenvalue weighted by Crippen LogP contribution is 2.31. The lowest BCUT2D eigenvalue weighted by Gasteiger charge is -2.09. The highest BCUT2D eigenvalue weighted by molar-refractivity contribution is 9.10. The molecular weight excluding hydrogens is 338 g/mol. The molecule has 0 aliphatic rings. The Morgan fingerprint density at radius 1 is 1.25 bits per heavy atom. The summed E-state index contributed by atoms with van der Waals surface area (Å²) in [5.41, 5.74) is 10.3. The minimum Gasteiger partial charge on any atom is -0.398 e. The fourth-order valence-electron chi connectivity index (χ4n) is 1.75. The van der Waals surface area contributed by atoms with Gasteiger partial charge in [0.25, 0.3) is 5.91 Å². The van der Waals surface area contributed by atoms with Gasteiger partial charge in [-0.1, -0.05) is 34.1 Å². The first-order chi connectivity index (χ1) is 9.61. The van der Waals surface area contributed by atoms with Crippen LogP contribution in [0.5, 0.6) is 0 Å². The Bertz CT molecular complexity index is 634. The van der Waals surface area contributed by atoms with Crippen molar-refractivity contribution >= 4 is 39.3 Å². The zero-order valence-electron chi connectivity index (χ0n) is 10.6. The summed E-state index contributed by atoms with van der Waals surface area (Å²) in [7, 11) is 0. The molecule has 5 N–H and O–H groups in total. The average molecular weight is 352 g/mol. The molecule has 0 bridgehead atoms. The standard InChI is InChI=1S/C14H14BrN3OS/c15-10-5-6-13(12(16)7-10)20-8-9-3-1-2-4-11(9)14(19)18-17/h1-7H,8,16-17H2,(H,18,19). The van der Waals surface area contributed by atoms with E-state index < -0.39 is 0 Å². The van der Waals surface area contributed by atoms with Gasteiger partial charge in [-0.2, -0.15) is 0 Å². The van der Waals surface area contributed by atoms with Gasteiger partial charge in [-0.3, -0.25) is 10.2 Å². The van der Waals surface area contributed by atoms with Crippen molar-refractivity contribution < 1.29 is 4.79 Å². The van der Waals surface area contributed by atoms with E-state index in [0.717, 1.165) is 14.9 Å². The van der Waals surface area contributed by atoms with Gasteiger partial charge < -0.3 is 5.73 Å². The lowest BCUT2D eigenvalue weighted by molar-refractivity contribution is 0.0953. The van der Waals surface area contributed by atoms with Crippen LogP contribution in [0.4, 0.5) is 5.69 Å². The van der Waals surface area contributed by atoms with E-state index in [1.54, 1.807) is 17.8 Å².